The van der Waals surface area contributed by atoms with E-state index in [0.29, 0.717) is 11.5 Å². The fourth-order valence-electron chi connectivity index (χ4n) is 3.31. The van der Waals surface area contributed by atoms with Crippen LogP contribution in [-0.2, 0) is 4.79 Å². The minimum atomic E-state index is -0.768. The predicted octanol–water partition coefficient (Wildman–Crippen LogP) is 1.23. The number of hydrogen-bond acceptors (Lipinski definition) is 3. The number of rotatable bonds is 2. The van der Waals surface area contributed by atoms with Crippen LogP contribution in [0.15, 0.2) is 0 Å². The Labute approximate surface area is 110 Å². The molecule has 4 heteroatoms. The number of carbonyl (C=O) groups excluding carboxylic acids is 1. The molecule has 2 rings (SSSR count). The molecule has 104 valence electrons. The van der Waals surface area contributed by atoms with Gasteiger partial charge >= 0.3 is 0 Å². The Morgan fingerprint density at radius 1 is 1.22 bits per heavy atom. The molecule has 2 atom stereocenters. The summed E-state index contributed by atoms with van der Waals surface area (Å²) in [5, 5.41) is 0. The Bertz CT molecular complexity index is 319. The first-order valence-electron chi connectivity index (χ1n) is 7.15. The van der Waals surface area contributed by atoms with Crippen LogP contribution in [0.1, 0.15) is 52.4 Å². The fourth-order valence-corrected chi connectivity index (χ4v) is 3.31. The highest BCUT2D eigenvalue weighted by atomic mass is 16.1. The van der Waals surface area contributed by atoms with E-state index in [9.17, 15) is 4.79 Å². The molecule has 2 fully saturated rings. The molecule has 1 saturated carbocycles. The van der Waals surface area contributed by atoms with Crippen LogP contribution in [0.2, 0.25) is 0 Å². The van der Waals surface area contributed by atoms with Crippen molar-refractivity contribution in [3.63, 3.8) is 0 Å². The fraction of sp³-hybridized carbons (Fsp3) is 0.929. The van der Waals surface area contributed by atoms with Gasteiger partial charge in [-0.15, -0.1) is 0 Å². The van der Waals surface area contributed by atoms with Crippen LogP contribution in [0.3, 0.4) is 0 Å². The SMILES string of the molecule is CC1(C)CCN(C2CCCC(N)(C(N)=O)C2)CC1. The number of amides is 1. The average molecular weight is 253 g/mol. The molecule has 18 heavy (non-hydrogen) atoms. The van der Waals surface area contributed by atoms with Crippen LogP contribution >= 0.6 is 0 Å². The van der Waals surface area contributed by atoms with Crippen LogP contribution in [0.5, 0.6) is 0 Å². The van der Waals surface area contributed by atoms with E-state index in [-0.39, 0.29) is 5.91 Å². The lowest BCUT2D eigenvalue weighted by atomic mass is 9.76. The summed E-state index contributed by atoms with van der Waals surface area (Å²) in [5.41, 5.74) is 11.3. The number of primary amides is 1. The van der Waals surface area contributed by atoms with Crippen LogP contribution in [0, 0.1) is 5.41 Å². The maximum atomic E-state index is 11.5. The molecule has 0 radical (unpaired) electrons. The highest BCUT2D eigenvalue weighted by molar-refractivity contribution is 5.84. The summed E-state index contributed by atoms with van der Waals surface area (Å²) < 4.78 is 0. The van der Waals surface area contributed by atoms with Crippen molar-refractivity contribution < 1.29 is 4.79 Å². The van der Waals surface area contributed by atoms with Crippen molar-refractivity contribution in [2.75, 3.05) is 13.1 Å². The lowest BCUT2D eigenvalue weighted by Gasteiger charge is -2.45. The van der Waals surface area contributed by atoms with Gasteiger partial charge in [0, 0.05) is 6.04 Å². The van der Waals surface area contributed by atoms with E-state index in [1.165, 1.54) is 12.8 Å². The molecule has 0 aromatic heterocycles. The van der Waals surface area contributed by atoms with E-state index in [1.807, 2.05) is 0 Å². The first-order chi connectivity index (χ1) is 8.32. The van der Waals surface area contributed by atoms with Gasteiger partial charge in [0.05, 0.1) is 5.54 Å². The van der Waals surface area contributed by atoms with Crippen LogP contribution in [0.25, 0.3) is 0 Å². The highest BCUT2D eigenvalue weighted by Gasteiger charge is 2.40. The van der Waals surface area contributed by atoms with Gasteiger partial charge in [0.15, 0.2) is 0 Å². The first kappa shape index (κ1) is 13.8. The Hall–Kier alpha value is -0.610. The van der Waals surface area contributed by atoms with Crippen molar-refractivity contribution in [2.45, 2.75) is 64.0 Å². The van der Waals surface area contributed by atoms with E-state index in [0.717, 1.165) is 38.8 Å². The Balaban J connectivity index is 1.96. The number of piperidine rings is 1. The molecule has 2 unspecified atom stereocenters. The lowest BCUT2D eigenvalue weighted by molar-refractivity contribution is -0.125. The summed E-state index contributed by atoms with van der Waals surface area (Å²) in [5.74, 6) is -0.329. The second-order valence-corrected chi connectivity index (χ2v) is 6.97. The minimum Gasteiger partial charge on any atom is -0.368 e. The van der Waals surface area contributed by atoms with Gasteiger partial charge in [0.25, 0.3) is 0 Å². The molecule has 1 aliphatic carbocycles. The number of hydrogen-bond donors (Lipinski definition) is 2. The zero-order valence-corrected chi connectivity index (χ0v) is 11.7. The zero-order valence-electron chi connectivity index (χ0n) is 11.7. The first-order valence-corrected chi connectivity index (χ1v) is 7.15. The summed E-state index contributed by atoms with van der Waals surface area (Å²) in [4.78, 5) is 14.0. The second-order valence-electron chi connectivity index (χ2n) is 6.97. The normalized spacial score (nSPS) is 37.4. The third-order valence-corrected chi connectivity index (χ3v) is 4.92. The van der Waals surface area contributed by atoms with Gasteiger partial charge in [-0.05, 0) is 57.0 Å². The Morgan fingerprint density at radius 3 is 2.39 bits per heavy atom. The predicted molar refractivity (Wildman–Crippen MR) is 73.0 cm³/mol. The number of nitrogens with zero attached hydrogens (tertiary/aromatic N) is 1. The van der Waals surface area contributed by atoms with Crippen molar-refractivity contribution in [3.05, 3.63) is 0 Å². The molecule has 0 spiro atoms. The largest absolute Gasteiger partial charge is 0.368 e. The third-order valence-electron chi connectivity index (χ3n) is 4.92. The van der Waals surface area contributed by atoms with Gasteiger partial charge in [-0.1, -0.05) is 13.8 Å². The summed E-state index contributed by atoms with van der Waals surface area (Å²) >= 11 is 0. The van der Waals surface area contributed by atoms with Crippen LogP contribution < -0.4 is 11.5 Å². The number of likely N-dealkylation sites (tertiary alicyclic amines) is 1. The summed E-state index contributed by atoms with van der Waals surface area (Å²) in [7, 11) is 0. The molecule has 0 bridgehead atoms. The van der Waals surface area contributed by atoms with Crippen LogP contribution in [-0.4, -0.2) is 35.5 Å². The molecule has 4 N–H and O–H groups in total. The smallest absolute Gasteiger partial charge is 0.237 e. The van der Waals surface area contributed by atoms with Crippen molar-refractivity contribution in [1.82, 2.24) is 4.90 Å². The molecule has 1 aliphatic heterocycles. The second kappa shape index (κ2) is 4.82. The monoisotopic (exact) mass is 253 g/mol. The quantitative estimate of drug-likeness (QED) is 0.777. The van der Waals surface area contributed by atoms with E-state index >= 15 is 0 Å². The summed E-state index contributed by atoms with van der Waals surface area (Å²) in [6.45, 7) is 6.93. The van der Waals surface area contributed by atoms with Gasteiger partial charge < -0.3 is 16.4 Å². The molecular formula is C14H27N3O. The molecule has 1 saturated heterocycles. The maximum Gasteiger partial charge on any atom is 0.237 e. The molecular weight excluding hydrogens is 226 g/mol. The lowest BCUT2D eigenvalue weighted by Crippen LogP contribution is -2.59. The van der Waals surface area contributed by atoms with Gasteiger partial charge in [0.1, 0.15) is 0 Å². The van der Waals surface area contributed by atoms with Crippen LogP contribution in [0.4, 0.5) is 0 Å². The van der Waals surface area contributed by atoms with Crippen molar-refractivity contribution in [3.8, 4) is 0 Å². The minimum absolute atomic E-state index is 0.329. The average Bonchev–Trinajstić information content (AvgIpc) is 2.28. The topological polar surface area (TPSA) is 72.3 Å². The molecule has 1 heterocycles. The number of nitrogens with two attached hydrogens (primary N) is 2. The number of carbonyl (C=O) groups is 1. The van der Waals surface area contributed by atoms with Crippen molar-refractivity contribution in [1.29, 1.82) is 0 Å². The van der Waals surface area contributed by atoms with Gasteiger partial charge in [-0.2, -0.15) is 0 Å². The Kier molecular flexibility index (Phi) is 3.70. The van der Waals surface area contributed by atoms with E-state index in [1.54, 1.807) is 0 Å². The third kappa shape index (κ3) is 2.86. The summed E-state index contributed by atoms with van der Waals surface area (Å²) in [6.07, 6.45) is 6.13. The van der Waals surface area contributed by atoms with E-state index < -0.39 is 5.54 Å². The van der Waals surface area contributed by atoms with Gasteiger partial charge in [-0.25, -0.2) is 0 Å². The molecule has 2 aliphatic rings. The zero-order chi connectivity index (χ0) is 13.4. The maximum absolute atomic E-state index is 11.5. The standard InChI is InChI=1S/C14H27N3O/c1-13(2)6-8-17(9-7-13)11-4-3-5-14(16,10-11)12(15)18/h11H,3-10,16H2,1-2H3,(H2,15,18). The molecule has 1 amide bonds. The molecule has 4 nitrogen and oxygen atoms in total. The highest BCUT2D eigenvalue weighted by Crippen LogP contribution is 2.35. The van der Waals surface area contributed by atoms with E-state index in [2.05, 4.69) is 18.7 Å². The van der Waals surface area contributed by atoms with E-state index in [4.69, 9.17) is 11.5 Å². The summed E-state index contributed by atoms with van der Waals surface area (Å²) in [6, 6.07) is 0.451. The molecule has 0 aromatic carbocycles. The van der Waals surface area contributed by atoms with Crippen molar-refractivity contribution in [2.24, 2.45) is 16.9 Å². The molecule has 0 aromatic rings. The van der Waals surface area contributed by atoms with Crippen molar-refractivity contribution >= 4 is 5.91 Å². The van der Waals surface area contributed by atoms with Gasteiger partial charge in [0.2, 0.25) is 5.91 Å². The Morgan fingerprint density at radius 2 is 1.83 bits per heavy atom. The van der Waals surface area contributed by atoms with Gasteiger partial charge in [-0.3, -0.25) is 4.79 Å².